The zero-order chi connectivity index (χ0) is 12.3. The van der Waals surface area contributed by atoms with Crippen LogP contribution in [0.4, 0.5) is 5.69 Å². The summed E-state index contributed by atoms with van der Waals surface area (Å²) in [5.74, 6) is -1.79. The summed E-state index contributed by atoms with van der Waals surface area (Å²) < 4.78 is 0. The van der Waals surface area contributed by atoms with Gasteiger partial charge in [-0.1, -0.05) is 23.2 Å². The summed E-state index contributed by atoms with van der Waals surface area (Å²) in [5.41, 5.74) is 5.68. The van der Waals surface area contributed by atoms with Gasteiger partial charge in [-0.25, -0.2) is 0 Å². The van der Waals surface area contributed by atoms with E-state index in [4.69, 9.17) is 34.0 Å². The Morgan fingerprint density at radius 1 is 1.38 bits per heavy atom. The van der Waals surface area contributed by atoms with Crippen molar-refractivity contribution in [2.45, 2.75) is 0 Å². The summed E-state index contributed by atoms with van der Waals surface area (Å²) in [4.78, 5) is 21.8. The second kappa shape index (κ2) is 5.05. The predicted octanol–water partition coefficient (Wildman–Crippen LogP) is 1.39. The topological polar surface area (TPSA) is 92.4 Å². The number of amides is 1. The van der Waals surface area contributed by atoms with Crippen LogP contribution in [-0.2, 0) is 4.79 Å². The smallest absolute Gasteiger partial charge is 0.322 e. The van der Waals surface area contributed by atoms with Crippen molar-refractivity contribution < 1.29 is 14.7 Å². The van der Waals surface area contributed by atoms with Crippen LogP contribution in [0, 0.1) is 0 Å². The van der Waals surface area contributed by atoms with Crippen LogP contribution >= 0.6 is 23.2 Å². The second-order valence-corrected chi connectivity index (χ2v) is 3.77. The largest absolute Gasteiger partial charge is 0.480 e. The number of nitrogens with two attached hydrogens (primary N) is 1. The number of nitrogens with one attached hydrogen (secondary N) is 1. The van der Waals surface area contributed by atoms with E-state index in [0.29, 0.717) is 0 Å². The first-order valence-corrected chi connectivity index (χ1v) is 4.92. The van der Waals surface area contributed by atoms with Crippen LogP contribution in [0.5, 0.6) is 0 Å². The molecule has 0 aliphatic carbocycles. The Hall–Kier alpha value is -1.46. The predicted molar refractivity (Wildman–Crippen MR) is 60.8 cm³/mol. The van der Waals surface area contributed by atoms with E-state index >= 15 is 0 Å². The molecule has 1 aromatic rings. The fourth-order valence-corrected chi connectivity index (χ4v) is 1.52. The third-order valence-electron chi connectivity index (χ3n) is 1.74. The minimum Gasteiger partial charge on any atom is -0.480 e. The van der Waals surface area contributed by atoms with Gasteiger partial charge in [0.1, 0.15) is 6.54 Å². The van der Waals surface area contributed by atoms with E-state index in [1.54, 1.807) is 0 Å². The Balaban J connectivity index is 2.95. The maximum atomic E-state index is 11.5. The lowest BCUT2D eigenvalue weighted by Gasteiger charge is -2.07. The average Bonchev–Trinajstić information content (AvgIpc) is 2.19. The standard InChI is InChI=1S/C9H8Cl2N2O3/c10-4-1-5(8(12)6(11)2-4)9(16)13-3-7(14)15/h1-2H,3,12H2,(H,13,16)(H,14,15). The molecule has 0 radical (unpaired) electrons. The third kappa shape index (κ3) is 3.01. The van der Waals surface area contributed by atoms with Crippen LogP contribution in [0.25, 0.3) is 0 Å². The Morgan fingerprint density at radius 3 is 2.56 bits per heavy atom. The number of anilines is 1. The molecule has 16 heavy (non-hydrogen) atoms. The summed E-state index contributed by atoms with van der Waals surface area (Å²) in [7, 11) is 0. The minimum atomic E-state index is -1.15. The molecule has 0 heterocycles. The molecule has 7 heteroatoms. The van der Waals surface area contributed by atoms with Gasteiger partial charge >= 0.3 is 5.97 Å². The van der Waals surface area contributed by atoms with Gasteiger partial charge in [-0.05, 0) is 12.1 Å². The van der Waals surface area contributed by atoms with Crippen molar-refractivity contribution in [1.82, 2.24) is 5.32 Å². The van der Waals surface area contributed by atoms with Crippen molar-refractivity contribution in [3.63, 3.8) is 0 Å². The molecule has 1 amide bonds. The van der Waals surface area contributed by atoms with E-state index in [1.807, 2.05) is 0 Å². The van der Waals surface area contributed by atoms with Crippen LogP contribution in [0.15, 0.2) is 12.1 Å². The van der Waals surface area contributed by atoms with Crippen LogP contribution in [-0.4, -0.2) is 23.5 Å². The Labute approximate surface area is 101 Å². The summed E-state index contributed by atoms with van der Waals surface area (Å²) >= 11 is 11.4. The summed E-state index contributed by atoms with van der Waals surface area (Å²) in [6.45, 7) is -0.498. The monoisotopic (exact) mass is 262 g/mol. The van der Waals surface area contributed by atoms with Gasteiger partial charge in [-0.2, -0.15) is 0 Å². The lowest BCUT2D eigenvalue weighted by molar-refractivity contribution is -0.135. The lowest BCUT2D eigenvalue weighted by Crippen LogP contribution is -2.29. The van der Waals surface area contributed by atoms with E-state index < -0.39 is 18.4 Å². The molecule has 5 nitrogen and oxygen atoms in total. The van der Waals surface area contributed by atoms with Gasteiger partial charge in [-0.3, -0.25) is 9.59 Å². The molecule has 0 atom stereocenters. The first kappa shape index (κ1) is 12.6. The molecule has 0 saturated heterocycles. The average molecular weight is 263 g/mol. The van der Waals surface area contributed by atoms with Crippen LogP contribution in [0.3, 0.4) is 0 Å². The molecule has 0 unspecified atom stereocenters. The van der Waals surface area contributed by atoms with Crippen LogP contribution in [0.1, 0.15) is 10.4 Å². The highest BCUT2D eigenvalue weighted by Gasteiger charge is 2.14. The van der Waals surface area contributed by atoms with Crippen LogP contribution < -0.4 is 11.1 Å². The quantitative estimate of drug-likeness (QED) is 0.718. The number of halogens is 2. The molecule has 0 bridgehead atoms. The van der Waals surface area contributed by atoms with Crippen molar-refractivity contribution in [3.05, 3.63) is 27.7 Å². The van der Waals surface area contributed by atoms with Gasteiger partial charge in [0.15, 0.2) is 0 Å². The van der Waals surface area contributed by atoms with Gasteiger partial charge in [0.25, 0.3) is 5.91 Å². The highest BCUT2D eigenvalue weighted by molar-refractivity contribution is 6.37. The Bertz CT molecular complexity index is 449. The van der Waals surface area contributed by atoms with Crippen LogP contribution in [0.2, 0.25) is 10.0 Å². The van der Waals surface area contributed by atoms with E-state index in [0.717, 1.165) is 0 Å². The van der Waals surface area contributed by atoms with Gasteiger partial charge in [0.2, 0.25) is 0 Å². The number of hydrogen-bond donors (Lipinski definition) is 3. The Morgan fingerprint density at radius 2 is 2.00 bits per heavy atom. The highest BCUT2D eigenvalue weighted by Crippen LogP contribution is 2.27. The lowest BCUT2D eigenvalue weighted by atomic mass is 10.1. The molecular weight excluding hydrogens is 255 g/mol. The molecule has 0 fully saturated rings. The van der Waals surface area contributed by atoms with E-state index in [9.17, 15) is 9.59 Å². The molecule has 0 saturated carbocycles. The molecule has 0 aliphatic rings. The van der Waals surface area contributed by atoms with Crippen molar-refractivity contribution in [2.24, 2.45) is 0 Å². The first-order chi connectivity index (χ1) is 7.41. The zero-order valence-electron chi connectivity index (χ0n) is 7.96. The number of carboxylic acid groups (broad SMARTS) is 1. The molecule has 4 N–H and O–H groups in total. The number of hydrogen-bond acceptors (Lipinski definition) is 3. The minimum absolute atomic E-state index is 0.0544. The highest BCUT2D eigenvalue weighted by atomic mass is 35.5. The number of carboxylic acids is 1. The maximum absolute atomic E-state index is 11.5. The number of rotatable bonds is 3. The molecule has 1 rings (SSSR count). The molecule has 86 valence electrons. The normalized spacial score (nSPS) is 9.88. The fraction of sp³-hybridized carbons (Fsp3) is 0.111. The summed E-state index contributed by atoms with van der Waals surface area (Å²) in [6, 6.07) is 2.71. The zero-order valence-corrected chi connectivity index (χ0v) is 9.47. The molecular formula is C9H8Cl2N2O3. The van der Waals surface area contributed by atoms with E-state index in [1.165, 1.54) is 12.1 Å². The molecule has 0 aliphatic heterocycles. The maximum Gasteiger partial charge on any atom is 0.322 e. The number of aliphatic carboxylic acids is 1. The number of carbonyl (C=O) groups is 2. The first-order valence-electron chi connectivity index (χ1n) is 4.16. The Kier molecular flexibility index (Phi) is 3.98. The van der Waals surface area contributed by atoms with Crippen molar-refractivity contribution >= 4 is 40.8 Å². The van der Waals surface area contributed by atoms with Gasteiger partial charge in [0, 0.05) is 5.02 Å². The van der Waals surface area contributed by atoms with Crippen molar-refractivity contribution in [1.29, 1.82) is 0 Å². The third-order valence-corrected chi connectivity index (χ3v) is 2.27. The summed E-state index contributed by atoms with van der Waals surface area (Å²) in [6.07, 6.45) is 0. The van der Waals surface area contributed by atoms with Gasteiger partial charge in [0.05, 0.1) is 16.3 Å². The van der Waals surface area contributed by atoms with E-state index in [2.05, 4.69) is 5.32 Å². The SMILES string of the molecule is Nc1c(Cl)cc(Cl)cc1C(=O)NCC(=O)O. The molecule has 0 aromatic heterocycles. The molecule has 0 spiro atoms. The number of carbonyl (C=O) groups excluding carboxylic acids is 1. The van der Waals surface area contributed by atoms with Crippen molar-refractivity contribution in [3.8, 4) is 0 Å². The second-order valence-electron chi connectivity index (χ2n) is 2.93. The van der Waals surface area contributed by atoms with E-state index in [-0.39, 0.29) is 21.3 Å². The van der Waals surface area contributed by atoms with Gasteiger partial charge < -0.3 is 16.2 Å². The fourth-order valence-electron chi connectivity index (χ4n) is 1.02. The number of benzene rings is 1. The number of nitrogen functional groups attached to an aromatic ring is 1. The molecule has 1 aromatic carbocycles. The van der Waals surface area contributed by atoms with Gasteiger partial charge in [-0.15, -0.1) is 0 Å². The van der Waals surface area contributed by atoms with Crippen molar-refractivity contribution in [2.75, 3.05) is 12.3 Å². The summed E-state index contributed by atoms with van der Waals surface area (Å²) in [5, 5.41) is 10.9.